The molecule has 2 aromatic rings. The van der Waals surface area contributed by atoms with Gasteiger partial charge in [0.25, 0.3) is 5.91 Å². The molecule has 1 heterocycles. The van der Waals surface area contributed by atoms with Gasteiger partial charge in [0, 0.05) is 29.9 Å². The highest BCUT2D eigenvalue weighted by atomic mass is 16.2. The number of carbonyl (C=O) groups excluding carboxylic acids is 2. The lowest BCUT2D eigenvalue weighted by Crippen LogP contribution is -2.25. The van der Waals surface area contributed by atoms with Crippen LogP contribution in [0, 0.1) is 13.8 Å². The summed E-state index contributed by atoms with van der Waals surface area (Å²) >= 11 is 0. The van der Waals surface area contributed by atoms with Gasteiger partial charge in [-0.25, -0.2) is 0 Å². The Morgan fingerprint density at radius 3 is 2.36 bits per heavy atom. The quantitative estimate of drug-likeness (QED) is 0.791. The van der Waals surface area contributed by atoms with E-state index in [0.29, 0.717) is 17.7 Å². The number of aryl methyl sites for hydroxylation is 3. The zero-order valence-corrected chi connectivity index (χ0v) is 12.8. The van der Waals surface area contributed by atoms with E-state index in [1.807, 2.05) is 24.6 Å². The fourth-order valence-corrected chi connectivity index (χ4v) is 2.22. The third kappa shape index (κ3) is 3.94. The number of amides is 2. The molecule has 0 spiro atoms. The van der Waals surface area contributed by atoms with Gasteiger partial charge in [0.05, 0.1) is 5.69 Å². The van der Waals surface area contributed by atoms with E-state index in [-0.39, 0.29) is 5.91 Å². The number of hydrogen-bond donors (Lipinski definition) is 2. The highest BCUT2D eigenvalue weighted by Crippen LogP contribution is 2.04. The van der Waals surface area contributed by atoms with Crippen LogP contribution in [0.2, 0.25) is 0 Å². The molecule has 0 saturated heterocycles. The summed E-state index contributed by atoms with van der Waals surface area (Å²) in [4.78, 5) is 22.9. The molecule has 1 aromatic carbocycles. The van der Waals surface area contributed by atoms with Gasteiger partial charge in [-0.15, -0.1) is 0 Å². The van der Waals surface area contributed by atoms with Crippen LogP contribution >= 0.6 is 0 Å². The third-order valence-corrected chi connectivity index (χ3v) is 3.37. The van der Waals surface area contributed by atoms with Crippen LogP contribution in [0.5, 0.6) is 0 Å². The molecule has 0 aliphatic heterocycles. The Kier molecular flexibility index (Phi) is 4.93. The standard InChI is InChI=1S/C16H20N4O2/c1-11-10-12(2)20(19-11)9-3-8-18-16(22)14-6-4-13(5-7-14)15(17)21/h4-7,10H,3,8-9H2,1-2H3,(H2,17,21)(H,18,22). The molecule has 0 aliphatic carbocycles. The first-order chi connectivity index (χ1) is 10.5. The summed E-state index contributed by atoms with van der Waals surface area (Å²) in [5, 5.41) is 7.22. The Bertz CT molecular complexity index is 674. The monoisotopic (exact) mass is 300 g/mol. The second-order valence-electron chi connectivity index (χ2n) is 5.20. The summed E-state index contributed by atoms with van der Waals surface area (Å²) in [6.07, 6.45) is 0.799. The molecule has 22 heavy (non-hydrogen) atoms. The molecule has 2 amide bonds. The first-order valence-corrected chi connectivity index (χ1v) is 7.16. The molecule has 0 bridgehead atoms. The van der Waals surface area contributed by atoms with Crippen LogP contribution in [-0.4, -0.2) is 28.1 Å². The molecular weight excluding hydrogens is 280 g/mol. The zero-order chi connectivity index (χ0) is 16.1. The largest absolute Gasteiger partial charge is 0.366 e. The molecule has 0 fully saturated rings. The lowest BCUT2D eigenvalue weighted by atomic mass is 10.1. The first kappa shape index (κ1) is 15.8. The summed E-state index contributed by atoms with van der Waals surface area (Å²) in [6, 6.07) is 8.31. The number of hydrogen-bond acceptors (Lipinski definition) is 3. The maximum Gasteiger partial charge on any atom is 0.251 e. The molecule has 0 saturated carbocycles. The van der Waals surface area contributed by atoms with Crippen LogP contribution in [0.15, 0.2) is 30.3 Å². The predicted molar refractivity (Wildman–Crippen MR) is 83.6 cm³/mol. The molecular formula is C16H20N4O2. The molecule has 6 nitrogen and oxygen atoms in total. The van der Waals surface area contributed by atoms with Crippen LogP contribution in [-0.2, 0) is 6.54 Å². The van der Waals surface area contributed by atoms with E-state index in [2.05, 4.69) is 10.4 Å². The van der Waals surface area contributed by atoms with E-state index < -0.39 is 5.91 Å². The topological polar surface area (TPSA) is 90.0 Å². The summed E-state index contributed by atoms with van der Waals surface area (Å²) in [7, 11) is 0. The molecule has 6 heteroatoms. The Morgan fingerprint density at radius 1 is 1.18 bits per heavy atom. The number of benzene rings is 1. The van der Waals surface area contributed by atoms with Crippen molar-refractivity contribution in [2.24, 2.45) is 5.73 Å². The Hall–Kier alpha value is -2.63. The van der Waals surface area contributed by atoms with E-state index in [0.717, 1.165) is 24.4 Å². The van der Waals surface area contributed by atoms with Crippen LogP contribution < -0.4 is 11.1 Å². The fourth-order valence-electron chi connectivity index (χ4n) is 2.22. The van der Waals surface area contributed by atoms with Gasteiger partial charge in [-0.2, -0.15) is 5.10 Å². The summed E-state index contributed by atoms with van der Waals surface area (Å²) in [6.45, 7) is 5.30. The Balaban J connectivity index is 1.80. The van der Waals surface area contributed by atoms with Crippen molar-refractivity contribution in [1.29, 1.82) is 0 Å². The van der Waals surface area contributed by atoms with E-state index in [1.54, 1.807) is 24.3 Å². The maximum atomic E-state index is 12.0. The molecule has 0 unspecified atom stereocenters. The molecule has 0 radical (unpaired) electrons. The van der Waals surface area contributed by atoms with Crippen LogP contribution in [0.1, 0.15) is 38.5 Å². The van der Waals surface area contributed by atoms with Crippen LogP contribution in [0.4, 0.5) is 0 Å². The molecule has 0 atom stereocenters. The number of carbonyl (C=O) groups is 2. The molecule has 116 valence electrons. The van der Waals surface area contributed by atoms with Crippen LogP contribution in [0.25, 0.3) is 0 Å². The fraction of sp³-hybridized carbons (Fsp3) is 0.312. The smallest absolute Gasteiger partial charge is 0.251 e. The van der Waals surface area contributed by atoms with Crippen molar-refractivity contribution in [2.45, 2.75) is 26.8 Å². The Morgan fingerprint density at radius 2 is 1.82 bits per heavy atom. The summed E-state index contributed by atoms with van der Waals surface area (Å²) in [5.41, 5.74) is 8.17. The van der Waals surface area contributed by atoms with Crippen molar-refractivity contribution in [3.63, 3.8) is 0 Å². The van der Waals surface area contributed by atoms with Crippen molar-refractivity contribution in [3.8, 4) is 0 Å². The second kappa shape index (κ2) is 6.89. The molecule has 3 N–H and O–H groups in total. The summed E-state index contributed by atoms with van der Waals surface area (Å²) < 4.78 is 1.93. The minimum absolute atomic E-state index is 0.163. The minimum atomic E-state index is -0.503. The van der Waals surface area contributed by atoms with Gasteiger partial charge in [0.15, 0.2) is 0 Å². The highest BCUT2D eigenvalue weighted by molar-refractivity contribution is 5.97. The van der Waals surface area contributed by atoms with E-state index in [9.17, 15) is 9.59 Å². The predicted octanol–water partition coefficient (Wildman–Crippen LogP) is 1.42. The van der Waals surface area contributed by atoms with Gasteiger partial charge < -0.3 is 11.1 Å². The average molecular weight is 300 g/mol. The molecule has 0 aliphatic rings. The van der Waals surface area contributed by atoms with Crippen molar-refractivity contribution < 1.29 is 9.59 Å². The number of nitrogens with two attached hydrogens (primary N) is 1. The lowest BCUT2D eigenvalue weighted by Gasteiger charge is -2.07. The van der Waals surface area contributed by atoms with Gasteiger partial charge in [0.1, 0.15) is 0 Å². The number of rotatable bonds is 6. The van der Waals surface area contributed by atoms with Gasteiger partial charge in [-0.3, -0.25) is 14.3 Å². The van der Waals surface area contributed by atoms with Crippen LogP contribution in [0.3, 0.4) is 0 Å². The van der Waals surface area contributed by atoms with Gasteiger partial charge in [0.2, 0.25) is 5.91 Å². The van der Waals surface area contributed by atoms with Gasteiger partial charge in [-0.05, 0) is 50.6 Å². The van der Waals surface area contributed by atoms with Crippen molar-refractivity contribution >= 4 is 11.8 Å². The van der Waals surface area contributed by atoms with Crippen molar-refractivity contribution in [1.82, 2.24) is 15.1 Å². The lowest BCUT2D eigenvalue weighted by molar-refractivity contribution is 0.0950. The number of nitrogens with zero attached hydrogens (tertiary/aromatic N) is 2. The van der Waals surface area contributed by atoms with E-state index in [1.165, 1.54) is 0 Å². The third-order valence-electron chi connectivity index (χ3n) is 3.37. The van der Waals surface area contributed by atoms with Gasteiger partial charge >= 0.3 is 0 Å². The molecule has 1 aromatic heterocycles. The number of aromatic nitrogens is 2. The zero-order valence-electron chi connectivity index (χ0n) is 12.8. The van der Waals surface area contributed by atoms with E-state index in [4.69, 9.17) is 5.73 Å². The minimum Gasteiger partial charge on any atom is -0.366 e. The first-order valence-electron chi connectivity index (χ1n) is 7.16. The number of nitrogens with one attached hydrogen (secondary N) is 1. The molecule has 2 rings (SSSR count). The number of primary amides is 1. The van der Waals surface area contributed by atoms with E-state index >= 15 is 0 Å². The Labute approximate surface area is 129 Å². The average Bonchev–Trinajstić information content (AvgIpc) is 2.81. The normalized spacial score (nSPS) is 10.5. The summed E-state index contributed by atoms with van der Waals surface area (Å²) in [5.74, 6) is -0.666. The van der Waals surface area contributed by atoms with Crippen molar-refractivity contribution in [3.05, 3.63) is 52.8 Å². The maximum absolute atomic E-state index is 12.0. The van der Waals surface area contributed by atoms with Crippen molar-refractivity contribution in [2.75, 3.05) is 6.54 Å². The highest BCUT2D eigenvalue weighted by Gasteiger charge is 2.07. The SMILES string of the molecule is Cc1cc(C)n(CCCNC(=O)c2ccc(C(N)=O)cc2)n1. The second-order valence-corrected chi connectivity index (χ2v) is 5.20. The van der Waals surface area contributed by atoms with Gasteiger partial charge in [-0.1, -0.05) is 0 Å².